The molecule has 6 heteroatoms. The van der Waals surface area contributed by atoms with Gasteiger partial charge in [0.1, 0.15) is 5.82 Å². The molecule has 1 aromatic rings. The third kappa shape index (κ3) is 8.08. The van der Waals surface area contributed by atoms with Crippen LogP contribution < -0.4 is 5.73 Å². The number of hydrogen-bond acceptors (Lipinski definition) is 5. The average Bonchev–Trinajstić information content (AvgIpc) is 2.51. The Labute approximate surface area is 125 Å². The molecule has 1 rings (SSSR count). The topological polar surface area (TPSA) is 62.9 Å². The Morgan fingerprint density at radius 3 is 2.19 bits per heavy atom. The van der Waals surface area contributed by atoms with Gasteiger partial charge in [0.15, 0.2) is 0 Å². The lowest BCUT2D eigenvalue weighted by Crippen LogP contribution is -2.11. The minimum atomic E-state index is -0.278. The zero-order valence-electron chi connectivity index (χ0n) is 12.5. The van der Waals surface area contributed by atoms with E-state index in [1.807, 2.05) is 0 Å². The highest BCUT2D eigenvalue weighted by molar-refractivity contribution is 5.24. The molecule has 0 atom stereocenters. The van der Waals surface area contributed by atoms with Gasteiger partial charge in [-0.3, -0.25) is 0 Å². The highest BCUT2D eigenvalue weighted by Gasteiger charge is 2.03. The first kappa shape index (κ1) is 18.0. The van der Waals surface area contributed by atoms with Crippen molar-refractivity contribution in [2.45, 2.75) is 13.2 Å². The second-order valence-corrected chi connectivity index (χ2v) is 4.40. The predicted octanol–water partition coefficient (Wildman–Crippen LogP) is 1.48. The van der Waals surface area contributed by atoms with E-state index in [2.05, 4.69) is 0 Å². The van der Waals surface area contributed by atoms with Crippen molar-refractivity contribution < 1.29 is 23.3 Å². The largest absolute Gasteiger partial charge is 0.382 e. The summed E-state index contributed by atoms with van der Waals surface area (Å²) in [4.78, 5) is 0. The highest BCUT2D eigenvalue weighted by Crippen LogP contribution is 2.11. The zero-order chi connectivity index (χ0) is 15.3. The van der Waals surface area contributed by atoms with E-state index in [0.29, 0.717) is 51.7 Å². The molecule has 0 saturated heterocycles. The molecule has 0 aliphatic carbocycles. The lowest BCUT2D eigenvalue weighted by molar-refractivity contribution is 0.000545. The molecular weight excluding hydrogens is 277 g/mol. The fraction of sp³-hybridized carbons (Fsp3) is 0.600. The van der Waals surface area contributed by atoms with E-state index in [4.69, 9.17) is 24.7 Å². The van der Waals surface area contributed by atoms with Crippen molar-refractivity contribution in [3.05, 3.63) is 35.1 Å². The van der Waals surface area contributed by atoms with Crippen LogP contribution in [0.15, 0.2) is 18.2 Å². The van der Waals surface area contributed by atoms with E-state index in [1.165, 1.54) is 6.07 Å². The summed E-state index contributed by atoms with van der Waals surface area (Å²) in [7, 11) is 1.63. The van der Waals surface area contributed by atoms with Gasteiger partial charge in [-0.25, -0.2) is 4.39 Å². The Hall–Kier alpha value is -1.05. The van der Waals surface area contributed by atoms with Gasteiger partial charge in [-0.1, -0.05) is 6.07 Å². The Kier molecular flexibility index (Phi) is 9.94. The quantitative estimate of drug-likeness (QED) is 0.593. The first-order valence-electron chi connectivity index (χ1n) is 6.97. The van der Waals surface area contributed by atoms with Gasteiger partial charge in [0.2, 0.25) is 0 Å². The maximum absolute atomic E-state index is 13.5. The molecular formula is C15H24FNO4. The SMILES string of the molecule is COCCOCCOCCOCc1cc(CN)ccc1F. The summed E-state index contributed by atoms with van der Waals surface area (Å²) in [5, 5.41) is 0. The Balaban J connectivity index is 2.04. The molecule has 0 bridgehead atoms. The van der Waals surface area contributed by atoms with Crippen molar-refractivity contribution in [2.24, 2.45) is 5.73 Å². The molecule has 0 saturated carbocycles. The van der Waals surface area contributed by atoms with Gasteiger partial charge in [-0.2, -0.15) is 0 Å². The van der Waals surface area contributed by atoms with Crippen molar-refractivity contribution >= 4 is 0 Å². The highest BCUT2D eigenvalue weighted by atomic mass is 19.1. The molecule has 2 N–H and O–H groups in total. The normalized spacial score (nSPS) is 11.0. The smallest absolute Gasteiger partial charge is 0.128 e. The van der Waals surface area contributed by atoms with E-state index >= 15 is 0 Å². The van der Waals surface area contributed by atoms with E-state index < -0.39 is 0 Å². The van der Waals surface area contributed by atoms with Gasteiger partial charge < -0.3 is 24.7 Å². The Bertz CT molecular complexity index is 390. The van der Waals surface area contributed by atoms with E-state index in [0.717, 1.165) is 5.56 Å². The van der Waals surface area contributed by atoms with Crippen LogP contribution >= 0.6 is 0 Å². The maximum atomic E-state index is 13.5. The first-order valence-corrected chi connectivity index (χ1v) is 6.97. The molecule has 0 fully saturated rings. The predicted molar refractivity (Wildman–Crippen MR) is 77.5 cm³/mol. The van der Waals surface area contributed by atoms with Crippen LogP contribution in [0, 0.1) is 5.82 Å². The standard InChI is InChI=1S/C15H24FNO4/c1-18-4-5-19-6-7-20-8-9-21-12-14-10-13(11-17)2-3-15(14)16/h2-3,10H,4-9,11-12,17H2,1H3. The summed E-state index contributed by atoms with van der Waals surface area (Å²) in [6, 6.07) is 4.81. The monoisotopic (exact) mass is 301 g/mol. The van der Waals surface area contributed by atoms with E-state index in [9.17, 15) is 4.39 Å². The van der Waals surface area contributed by atoms with Gasteiger partial charge in [0, 0.05) is 19.2 Å². The van der Waals surface area contributed by atoms with Crippen LogP contribution in [0.2, 0.25) is 0 Å². The second kappa shape index (κ2) is 11.6. The number of rotatable bonds is 12. The minimum absolute atomic E-state index is 0.216. The molecule has 21 heavy (non-hydrogen) atoms. The molecule has 0 spiro atoms. The molecule has 0 aliphatic heterocycles. The summed E-state index contributed by atoms with van der Waals surface area (Å²) < 4.78 is 34.3. The molecule has 0 aromatic heterocycles. The molecule has 5 nitrogen and oxygen atoms in total. The Morgan fingerprint density at radius 1 is 0.952 bits per heavy atom. The summed E-state index contributed by atoms with van der Waals surface area (Å²) in [6.45, 7) is 3.63. The number of halogens is 1. The fourth-order valence-electron chi connectivity index (χ4n) is 1.63. The number of methoxy groups -OCH3 is 1. The molecule has 0 aliphatic rings. The number of ether oxygens (including phenoxy) is 4. The van der Waals surface area contributed by atoms with Crippen LogP contribution in [0.25, 0.3) is 0 Å². The molecule has 1 aromatic carbocycles. The summed E-state index contributed by atoms with van der Waals surface area (Å²) >= 11 is 0. The number of benzene rings is 1. The van der Waals surface area contributed by atoms with Crippen LogP contribution in [-0.4, -0.2) is 46.8 Å². The van der Waals surface area contributed by atoms with Crippen LogP contribution in [0.4, 0.5) is 4.39 Å². The number of nitrogens with two attached hydrogens (primary N) is 1. The van der Waals surface area contributed by atoms with Gasteiger partial charge in [0.05, 0.1) is 46.2 Å². The fourth-order valence-corrected chi connectivity index (χ4v) is 1.63. The zero-order valence-corrected chi connectivity index (χ0v) is 12.5. The summed E-state index contributed by atoms with van der Waals surface area (Å²) in [6.07, 6.45) is 0. The van der Waals surface area contributed by atoms with Crippen molar-refractivity contribution in [3.63, 3.8) is 0 Å². The lowest BCUT2D eigenvalue weighted by Gasteiger charge is -2.08. The summed E-state index contributed by atoms with van der Waals surface area (Å²) in [5.74, 6) is -0.278. The van der Waals surface area contributed by atoms with Gasteiger partial charge in [0.25, 0.3) is 0 Å². The van der Waals surface area contributed by atoms with Gasteiger partial charge in [-0.15, -0.1) is 0 Å². The van der Waals surface area contributed by atoms with E-state index in [-0.39, 0.29) is 12.4 Å². The Morgan fingerprint density at radius 2 is 1.57 bits per heavy atom. The second-order valence-electron chi connectivity index (χ2n) is 4.40. The lowest BCUT2D eigenvalue weighted by atomic mass is 10.1. The number of hydrogen-bond donors (Lipinski definition) is 1. The molecule has 0 unspecified atom stereocenters. The summed E-state index contributed by atoms with van der Waals surface area (Å²) in [5.41, 5.74) is 6.92. The third-order valence-electron chi connectivity index (χ3n) is 2.78. The third-order valence-corrected chi connectivity index (χ3v) is 2.78. The van der Waals surface area contributed by atoms with Crippen molar-refractivity contribution in [3.8, 4) is 0 Å². The molecule has 120 valence electrons. The van der Waals surface area contributed by atoms with Crippen molar-refractivity contribution in [1.82, 2.24) is 0 Å². The van der Waals surface area contributed by atoms with Crippen molar-refractivity contribution in [2.75, 3.05) is 46.8 Å². The molecule has 0 amide bonds. The van der Waals surface area contributed by atoms with E-state index in [1.54, 1.807) is 19.2 Å². The van der Waals surface area contributed by atoms with Crippen LogP contribution in [0.5, 0.6) is 0 Å². The van der Waals surface area contributed by atoms with Crippen LogP contribution in [0.1, 0.15) is 11.1 Å². The minimum Gasteiger partial charge on any atom is -0.382 e. The van der Waals surface area contributed by atoms with Gasteiger partial charge >= 0.3 is 0 Å². The molecule has 0 heterocycles. The van der Waals surface area contributed by atoms with Crippen molar-refractivity contribution in [1.29, 1.82) is 0 Å². The maximum Gasteiger partial charge on any atom is 0.128 e. The molecule has 0 radical (unpaired) electrons. The van der Waals surface area contributed by atoms with Crippen LogP contribution in [-0.2, 0) is 32.1 Å². The average molecular weight is 301 g/mol. The first-order chi connectivity index (χ1) is 10.3. The van der Waals surface area contributed by atoms with Gasteiger partial charge in [-0.05, 0) is 17.7 Å². The van der Waals surface area contributed by atoms with Crippen LogP contribution in [0.3, 0.4) is 0 Å².